The van der Waals surface area contributed by atoms with Gasteiger partial charge in [-0.25, -0.2) is 9.18 Å². The molecule has 1 saturated heterocycles. The van der Waals surface area contributed by atoms with Crippen LogP contribution in [0.1, 0.15) is 24.5 Å². The third kappa shape index (κ3) is 3.92. The van der Waals surface area contributed by atoms with Crippen LogP contribution in [0.4, 0.5) is 9.18 Å². The number of nitrogens with one attached hydrogen (secondary N) is 1. The Morgan fingerprint density at radius 1 is 1.52 bits per heavy atom. The van der Waals surface area contributed by atoms with Crippen LogP contribution in [-0.4, -0.2) is 48.9 Å². The van der Waals surface area contributed by atoms with E-state index in [1.807, 2.05) is 0 Å². The minimum Gasteiger partial charge on any atom is -0.394 e. The van der Waals surface area contributed by atoms with Crippen molar-refractivity contribution in [2.45, 2.75) is 25.0 Å². The third-order valence-corrected chi connectivity index (χ3v) is 3.81. The molecule has 2 N–H and O–H groups in total. The summed E-state index contributed by atoms with van der Waals surface area (Å²) in [6, 6.07) is 5.72. The van der Waals surface area contributed by atoms with E-state index < -0.39 is 0 Å². The smallest absolute Gasteiger partial charge is 0.317 e. The number of aliphatic hydroxyl groups is 1. The van der Waals surface area contributed by atoms with Crippen molar-refractivity contribution in [2.75, 3.05) is 26.8 Å². The molecule has 0 saturated carbocycles. The minimum atomic E-state index is -0.329. The average molecular weight is 296 g/mol. The van der Waals surface area contributed by atoms with Gasteiger partial charge in [-0.3, -0.25) is 0 Å². The van der Waals surface area contributed by atoms with Crippen molar-refractivity contribution in [3.05, 3.63) is 35.6 Å². The van der Waals surface area contributed by atoms with Crippen LogP contribution in [0.15, 0.2) is 24.3 Å². The summed E-state index contributed by atoms with van der Waals surface area (Å²) in [6.45, 7) is 0.944. The van der Waals surface area contributed by atoms with Crippen molar-refractivity contribution in [3.8, 4) is 0 Å². The van der Waals surface area contributed by atoms with Crippen molar-refractivity contribution in [1.29, 1.82) is 0 Å². The number of halogens is 1. The van der Waals surface area contributed by atoms with Gasteiger partial charge in [0.1, 0.15) is 5.82 Å². The van der Waals surface area contributed by atoms with Crippen LogP contribution in [0, 0.1) is 5.82 Å². The molecule has 1 aliphatic heterocycles. The fraction of sp³-hybridized carbons (Fsp3) is 0.533. The second kappa shape index (κ2) is 7.38. The largest absolute Gasteiger partial charge is 0.394 e. The van der Waals surface area contributed by atoms with Gasteiger partial charge in [0.05, 0.1) is 18.8 Å². The molecule has 1 heterocycles. The second-order valence-corrected chi connectivity index (χ2v) is 5.13. The number of urea groups is 1. The van der Waals surface area contributed by atoms with Crippen LogP contribution in [0.2, 0.25) is 0 Å². The molecule has 6 heteroatoms. The first kappa shape index (κ1) is 15.7. The Hall–Kier alpha value is -1.66. The lowest BCUT2D eigenvalue weighted by atomic mass is 10.1. The number of nitrogens with zero attached hydrogens (tertiary/aromatic N) is 1. The number of carbonyl (C=O) groups excluding carboxylic acids is 1. The number of ether oxygens (including phenoxy) is 1. The van der Waals surface area contributed by atoms with E-state index in [2.05, 4.69) is 5.32 Å². The molecule has 0 bridgehead atoms. The molecule has 5 nitrogen and oxygen atoms in total. The zero-order valence-electron chi connectivity index (χ0n) is 12.1. The maximum absolute atomic E-state index is 12.9. The second-order valence-electron chi connectivity index (χ2n) is 5.13. The lowest BCUT2D eigenvalue weighted by molar-refractivity contribution is 0.0993. The number of benzene rings is 1. The van der Waals surface area contributed by atoms with Crippen molar-refractivity contribution in [3.63, 3.8) is 0 Å². The SMILES string of the molecule is CO[C@@H](CNC(=O)N1CCC[C@@H]1CO)c1ccc(F)cc1. The average Bonchev–Trinajstić information content (AvgIpc) is 2.98. The molecule has 0 radical (unpaired) electrons. The van der Waals surface area contributed by atoms with E-state index in [0.717, 1.165) is 18.4 Å². The molecule has 21 heavy (non-hydrogen) atoms. The number of rotatable bonds is 5. The van der Waals surface area contributed by atoms with E-state index in [1.54, 1.807) is 24.1 Å². The van der Waals surface area contributed by atoms with Gasteiger partial charge in [0, 0.05) is 20.2 Å². The molecule has 1 aliphatic rings. The third-order valence-electron chi connectivity index (χ3n) is 3.81. The Balaban J connectivity index is 1.90. The zero-order valence-corrected chi connectivity index (χ0v) is 12.1. The van der Waals surface area contributed by atoms with Gasteiger partial charge < -0.3 is 20.1 Å². The monoisotopic (exact) mass is 296 g/mol. The predicted molar refractivity (Wildman–Crippen MR) is 76.4 cm³/mol. The molecule has 0 aromatic heterocycles. The highest BCUT2D eigenvalue weighted by Gasteiger charge is 2.28. The molecule has 0 aliphatic carbocycles. The minimum absolute atomic E-state index is 0.0148. The van der Waals surface area contributed by atoms with E-state index in [-0.39, 0.29) is 30.6 Å². The first-order valence-electron chi connectivity index (χ1n) is 7.09. The predicted octanol–water partition coefficient (Wildman–Crippen LogP) is 1.68. The zero-order chi connectivity index (χ0) is 15.2. The summed E-state index contributed by atoms with van der Waals surface area (Å²) < 4.78 is 18.3. The van der Waals surface area contributed by atoms with Gasteiger partial charge in [0.15, 0.2) is 0 Å². The number of methoxy groups -OCH3 is 1. The maximum atomic E-state index is 12.9. The summed E-state index contributed by atoms with van der Waals surface area (Å²) in [4.78, 5) is 13.8. The summed E-state index contributed by atoms with van der Waals surface area (Å²) in [7, 11) is 1.55. The van der Waals surface area contributed by atoms with Crippen molar-refractivity contribution >= 4 is 6.03 Å². The van der Waals surface area contributed by atoms with Crippen LogP contribution < -0.4 is 5.32 Å². The van der Waals surface area contributed by atoms with E-state index >= 15 is 0 Å². The van der Waals surface area contributed by atoms with E-state index in [0.29, 0.717) is 13.1 Å². The summed E-state index contributed by atoms with van der Waals surface area (Å²) >= 11 is 0. The quantitative estimate of drug-likeness (QED) is 0.869. The Bertz CT molecular complexity index is 466. The molecule has 1 aromatic rings. The molecule has 0 unspecified atom stereocenters. The molecule has 1 aromatic carbocycles. The van der Waals surface area contributed by atoms with E-state index in [4.69, 9.17) is 4.74 Å². The lowest BCUT2D eigenvalue weighted by Crippen LogP contribution is -2.45. The highest BCUT2D eigenvalue weighted by molar-refractivity contribution is 5.74. The molecule has 2 atom stereocenters. The van der Waals surface area contributed by atoms with E-state index in [9.17, 15) is 14.3 Å². The molecular weight excluding hydrogens is 275 g/mol. The van der Waals surface area contributed by atoms with Gasteiger partial charge in [-0.2, -0.15) is 0 Å². The number of hydrogen-bond acceptors (Lipinski definition) is 3. The Kier molecular flexibility index (Phi) is 5.52. The first-order valence-corrected chi connectivity index (χ1v) is 7.09. The molecule has 1 fully saturated rings. The fourth-order valence-corrected chi connectivity index (χ4v) is 2.59. The van der Waals surface area contributed by atoms with Crippen molar-refractivity contribution in [1.82, 2.24) is 10.2 Å². The summed E-state index contributed by atoms with van der Waals surface area (Å²) in [5.74, 6) is -0.305. The highest BCUT2D eigenvalue weighted by Crippen LogP contribution is 2.18. The van der Waals surface area contributed by atoms with Gasteiger partial charge in [-0.1, -0.05) is 12.1 Å². The van der Waals surface area contributed by atoms with Crippen molar-refractivity contribution in [2.24, 2.45) is 0 Å². The maximum Gasteiger partial charge on any atom is 0.317 e. The molecular formula is C15H21FN2O3. The van der Waals surface area contributed by atoms with Crippen molar-refractivity contribution < 1.29 is 19.0 Å². The topological polar surface area (TPSA) is 61.8 Å². The van der Waals surface area contributed by atoms with Gasteiger partial charge >= 0.3 is 6.03 Å². The van der Waals surface area contributed by atoms with Crippen LogP contribution >= 0.6 is 0 Å². The summed E-state index contributed by atoms with van der Waals surface area (Å²) in [5.41, 5.74) is 0.805. The highest BCUT2D eigenvalue weighted by atomic mass is 19.1. The Morgan fingerprint density at radius 3 is 2.86 bits per heavy atom. The van der Waals surface area contributed by atoms with Gasteiger partial charge in [-0.05, 0) is 30.5 Å². The lowest BCUT2D eigenvalue weighted by Gasteiger charge is -2.25. The standard InChI is InChI=1S/C15H21FN2O3/c1-21-14(11-4-6-12(16)7-5-11)9-17-15(20)18-8-2-3-13(18)10-19/h4-7,13-14,19H,2-3,8-10H2,1H3,(H,17,20)/t13-,14+/m1/s1. The first-order chi connectivity index (χ1) is 10.2. The summed E-state index contributed by atoms with van der Waals surface area (Å²) in [6.07, 6.45) is 1.41. The van der Waals surface area contributed by atoms with E-state index in [1.165, 1.54) is 12.1 Å². The van der Waals surface area contributed by atoms with Gasteiger partial charge in [-0.15, -0.1) is 0 Å². The number of amides is 2. The molecule has 0 spiro atoms. The van der Waals surface area contributed by atoms with Crippen LogP contribution in [0.25, 0.3) is 0 Å². The number of hydrogen-bond donors (Lipinski definition) is 2. The summed E-state index contributed by atoms with van der Waals surface area (Å²) in [5, 5.41) is 12.0. The van der Waals surface area contributed by atoms with Crippen LogP contribution in [0.3, 0.4) is 0 Å². The van der Waals surface area contributed by atoms with Crippen LogP contribution in [-0.2, 0) is 4.74 Å². The number of likely N-dealkylation sites (tertiary alicyclic amines) is 1. The number of aliphatic hydroxyl groups excluding tert-OH is 1. The van der Waals surface area contributed by atoms with Crippen LogP contribution in [0.5, 0.6) is 0 Å². The van der Waals surface area contributed by atoms with Gasteiger partial charge in [0.2, 0.25) is 0 Å². The fourth-order valence-electron chi connectivity index (χ4n) is 2.59. The molecule has 2 amide bonds. The normalized spacial score (nSPS) is 19.6. The number of carbonyl (C=O) groups is 1. The molecule has 116 valence electrons. The van der Waals surface area contributed by atoms with Gasteiger partial charge in [0.25, 0.3) is 0 Å². The molecule has 2 rings (SSSR count). The Morgan fingerprint density at radius 2 is 2.24 bits per heavy atom. The Labute approximate surface area is 123 Å².